The normalized spacial score (nSPS) is 16.5. The van der Waals surface area contributed by atoms with E-state index in [1.165, 1.54) is 38.7 Å². The zero-order chi connectivity index (χ0) is 25.2. The van der Waals surface area contributed by atoms with E-state index in [2.05, 4.69) is 27.1 Å². The van der Waals surface area contributed by atoms with Crippen molar-refractivity contribution < 1.29 is 9.53 Å². The van der Waals surface area contributed by atoms with E-state index < -0.39 is 5.91 Å². The van der Waals surface area contributed by atoms with Gasteiger partial charge in [-0.15, -0.1) is 0 Å². The van der Waals surface area contributed by atoms with Crippen LogP contribution in [0.5, 0.6) is 5.75 Å². The molecule has 2 aliphatic rings. The van der Waals surface area contributed by atoms with Gasteiger partial charge >= 0.3 is 0 Å². The van der Waals surface area contributed by atoms with Gasteiger partial charge in [-0.1, -0.05) is 43.7 Å². The molecule has 1 aromatic carbocycles. The molecule has 10 nitrogen and oxygen atoms in total. The largest absolute Gasteiger partial charge is 0.487 e. The molecule has 0 unspecified atom stereocenters. The van der Waals surface area contributed by atoms with Crippen LogP contribution >= 0.6 is 23.1 Å². The van der Waals surface area contributed by atoms with Gasteiger partial charge in [0, 0.05) is 6.07 Å². The van der Waals surface area contributed by atoms with Crippen molar-refractivity contribution in [2.75, 3.05) is 0 Å². The Hall–Kier alpha value is -3.64. The number of hydrogen-bond donors (Lipinski definition) is 1. The number of aliphatic imine (C=N–C) groups is 1. The van der Waals surface area contributed by atoms with E-state index in [0.29, 0.717) is 21.6 Å². The van der Waals surface area contributed by atoms with Crippen molar-refractivity contribution >= 4 is 56.1 Å². The Morgan fingerprint density at radius 3 is 2.72 bits per heavy atom. The van der Waals surface area contributed by atoms with Gasteiger partial charge in [0.15, 0.2) is 5.84 Å². The van der Waals surface area contributed by atoms with Gasteiger partial charge in [0.1, 0.15) is 22.4 Å². The maximum absolute atomic E-state index is 12.6. The Kier molecular flexibility index (Phi) is 6.79. The van der Waals surface area contributed by atoms with Crippen LogP contribution in [-0.4, -0.2) is 41.6 Å². The Bertz CT molecular complexity index is 1500. The average Bonchev–Trinajstić information content (AvgIpc) is 3.49. The van der Waals surface area contributed by atoms with Gasteiger partial charge in [-0.05, 0) is 54.8 Å². The molecule has 0 spiro atoms. The predicted octanol–water partition coefficient (Wildman–Crippen LogP) is 4.10. The van der Waals surface area contributed by atoms with E-state index in [9.17, 15) is 9.59 Å². The minimum absolute atomic E-state index is 0.0198. The number of ether oxygens (including phenoxy) is 1. The number of nitrogens with zero attached hydrogens (tertiary/aromatic N) is 6. The lowest BCUT2D eigenvalue weighted by atomic mass is 10.1. The van der Waals surface area contributed by atoms with E-state index in [1.54, 1.807) is 30.3 Å². The SMILES string of the molecule is CCCCC1=NN2C(=N)/C(=C/c3ccc(OCc4cc(=O)n5nc(CC)sc5n4)cc3)C(=O)N=C2S1. The summed E-state index contributed by atoms with van der Waals surface area (Å²) in [6.45, 7) is 4.22. The molecule has 184 valence electrons. The van der Waals surface area contributed by atoms with Gasteiger partial charge < -0.3 is 4.74 Å². The summed E-state index contributed by atoms with van der Waals surface area (Å²) in [6, 6.07) is 8.53. The fraction of sp³-hybridized carbons (Fsp3) is 0.292. The zero-order valence-electron chi connectivity index (χ0n) is 19.7. The van der Waals surface area contributed by atoms with Crippen molar-refractivity contribution in [1.29, 1.82) is 5.41 Å². The Balaban J connectivity index is 1.27. The van der Waals surface area contributed by atoms with Crippen LogP contribution in [-0.2, 0) is 17.8 Å². The van der Waals surface area contributed by atoms with Crippen LogP contribution in [0.2, 0.25) is 0 Å². The quantitative estimate of drug-likeness (QED) is 0.442. The molecule has 3 aromatic rings. The predicted molar refractivity (Wildman–Crippen MR) is 142 cm³/mol. The van der Waals surface area contributed by atoms with Crippen LogP contribution in [0.15, 0.2) is 50.8 Å². The van der Waals surface area contributed by atoms with Crippen LogP contribution in [0, 0.1) is 5.41 Å². The molecule has 0 fully saturated rings. The Labute approximate surface area is 214 Å². The number of amides is 1. The van der Waals surface area contributed by atoms with Crippen molar-refractivity contribution in [3.8, 4) is 5.75 Å². The van der Waals surface area contributed by atoms with E-state index in [4.69, 9.17) is 10.1 Å². The van der Waals surface area contributed by atoms with Crippen molar-refractivity contribution in [1.82, 2.24) is 19.6 Å². The van der Waals surface area contributed by atoms with Crippen LogP contribution in [0.4, 0.5) is 0 Å². The van der Waals surface area contributed by atoms with Crippen LogP contribution in [0.3, 0.4) is 0 Å². The van der Waals surface area contributed by atoms with Crippen LogP contribution in [0.25, 0.3) is 11.0 Å². The molecule has 0 saturated heterocycles. The third-order valence-corrected chi connectivity index (χ3v) is 7.48. The second-order valence-corrected chi connectivity index (χ2v) is 10.2. The number of nitrogens with one attached hydrogen (secondary N) is 1. The van der Waals surface area contributed by atoms with Crippen LogP contribution in [0.1, 0.15) is 49.4 Å². The number of fused-ring (bicyclic) bond motifs is 2. The molecule has 1 amide bonds. The fourth-order valence-electron chi connectivity index (χ4n) is 3.56. The molecule has 0 saturated carbocycles. The summed E-state index contributed by atoms with van der Waals surface area (Å²) in [4.78, 5) is 34.0. The summed E-state index contributed by atoms with van der Waals surface area (Å²) in [5, 5.41) is 20.8. The zero-order valence-corrected chi connectivity index (χ0v) is 21.4. The first-order valence-corrected chi connectivity index (χ1v) is 13.2. The molecular weight excluding hydrogens is 498 g/mol. The lowest BCUT2D eigenvalue weighted by Gasteiger charge is -2.20. The summed E-state index contributed by atoms with van der Waals surface area (Å²) in [5.74, 6) is 0.156. The van der Waals surface area contributed by atoms with Crippen molar-refractivity contribution in [3.05, 3.63) is 62.5 Å². The van der Waals surface area contributed by atoms with Gasteiger partial charge in [-0.2, -0.15) is 24.7 Å². The second kappa shape index (κ2) is 10.2. The molecule has 2 aliphatic heterocycles. The number of rotatable bonds is 8. The third kappa shape index (κ3) is 4.86. The Morgan fingerprint density at radius 1 is 1.17 bits per heavy atom. The highest BCUT2D eigenvalue weighted by Crippen LogP contribution is 2.30. The van der Waals surface area contributed by atoms with E-state index >= 15 is 0 Å². The third-order valence-electron chi connectivity index (χ3n) is 5.46. The lowest BCUT2D eigenvalue weighted by molar-refractivity contribution is -0.114. The highest BCUT2D eigenvalue weighted by Gasteiger charge is 2.35. The maximum atomic E-state index is 12.6. The molecule has 1 N–H and O–H groups in total. The highest BCUT2D eigenvalue weighted by molar-refractivity contribution is 8.26. The molecule has 2 aromatic heterocycles. The number of carbonyl (C=O) groups is 1. The maximum Gasteiger partial charge on any atom is 0.283 e. The molecule has 0 atom stereocenters. The van der Waals surface area contributed by atoms with Crippen molar-refractivity contribution in [2.45, 2.75) is 46.1 Å². The number of hydrogen-bond acceptors (Lipinski definition) is 9. The number of thioether (sulfide) groups is 1. The molecule has 5 rings (SSSR count). The van der Waals surface area contributed by atoms with Crippen LogP contribution < -0.4 is 10.3 Å². The van der Waals surface area contributed by atoms with Crippen molar-refractivity contribution in [3.63, 3.8) is 0 Å². The number of benzene rings is 1. The number of aromatic nitrogens is 3. The molecule has 36 heavy (non-hydrogen) atoms. The second-order valence-electron chi connectivity index (χ2n) is 8.10. The van der Waals surface area contributed by atoms with Crippen molar-refractivity contribution in [2.24, 2.45) is 10.1 Å². The van der Waals surface area contributed by atoms with Gasteiger partial charge in [-0.3, -0.25) is 15.0 Å². The topological polar surface area (TPSA) is 125 Å². The summed E-state index contributed by atoms with van der Waals surface area (Å²) < 4.78 is 7.12. The first-order chi connectivity index (χ1) is 17.4. The molecule has 0 bridgehead atoms. The molecule has 0 radical (unpaired) electrons. The number of carbonyl (C=O) groups excluding carboxylic acids is 1. The minimum Gasteiger partial charge on any atom is -0.487 e. The van der Waals surface area contributed by atoms with Gasteiger partial charge in [0.2, 0.25) is 10.1 Å². The smallest absolute Gasteiger partial charge is 0.283 e. The number of aryl methyl sites for hydroxylation is 1. The van der Waals surface area contributed by atoms with Gasteiger partial charge in [0.05, 0.1) is 11.3 Å². The number of amidine groups is 2. The van der Waals surface area contributed by atoms with E-state index in [1.807, 2.05) is 6.92 Å². The highest BCUT2D eigenvalue weighted by atomic mass is 32.2. The first-order valence-electron chi connectivity index (χ1n) is 11.6. The van der Waals surface area contributed by atoms with Gasteiger partial charge in [-0.25, -0.2) is 4.98 Å². The van der Waals surface area contributed by atoms with Gasteiger partial charge in [0.25, 0.3) is 11.5 Å². The molecule has 4 heterocycles. The average molecular weight is 522 g/mol. The Morgan fingerprint density at radius 2 is 1.97 bits per heavy atom. The summed E-state index contributed by atoms with van der Waals surface area (Å²) in [7, 11) is 0. The standard InChI is InChI=1S/C24H23N7O3S2/c1-3-5-6-19-29-31-21(25)17(22(33)27-24(31)36-19)11-14-7-9-16(10-8-14)34-13-15-12-20(32)30-23(26-15)35-18(4-2)28-30/h7-12,25H,3-6,13H2,1-2H3/b17-11-,25-21?. The summed E-state index contributed by atoms with van der Waals surface area (Å²) >= 11 is 2.74. The number of unbranched alkanes of at least 4 members (excludes halogenated alkanes) is 1. The fourth-order valence-corrected chi connectivity index (χ4v) is 5.34. The molecular formula is C24H23N7O3S2. The minimum atomic E-state index is -0.451. The molecule has 0 aliphatic carbocycles. The monoisotopic (exact) mass is 521 g/mol. The summed E-state index contributed by atoms with van der Waals surface area (Å²) in [6.07, 6.45) is 5.22. The first kappa shape index (κ1) is 24.1. The molecule has 12 heteroatoms. The summed E-state index contributed by atoms with van der Waals surface area (Å²) in [5.41, 5.74) is 1.20. The lowest BCUT2D eigenvalue weighted by Crippen LogP contribution is -2.35. The number of hydrazone groups is 1. The van der Waals surface area contributed by atoms with E-state index in [-0.39, 0.29) is 23.6 Å². The van der Waals surface area contributed by atoms with E-state index in [0.717, 1.165) is 41.3 Å².